The second kappa shape index (κ2) is 5.70. The molecule has 3 rings (SSSR count). The summed E-state index contributed by atoms with van der Waals surface area (Å²) in [7, 11) is 0. The average Bonchev–Trinajstić information content (AvgIpc) is 3.03. The van der Waals surface area contributed by atoms with Crippen molar-refractivity contribution in [2.45, 2.75) is 39.5 Å². The fourth-order valence-electron chi connectivity index (χ4n) is 3.49. The van der Waals surface area contributed by atoms with Gasteiger partial charge in [0.05, 0.1) is 0 Å². The number of carbonyl (C=O) groups excluding carboxylic acids is 2. The molecule has 3 heterocycles. The largest absolute Gasteiger partial charge is 0.342 e. The van der Waals surface area contributed by atoms with Gasteiger partial charge in [0.1, 0.15) is 6.42 Å². The Morgan fingerprint density at radius 2 is 2.09 bits per heavy atom. The van der Waals surface area contributed by atoms with E-state index in [-0.39, 0.29) is 23.7 Å². The van der Waals surface area contributed by atoms with Gasteiger partial charge in [-0.3, -0.25) is 9.59 Å². The number of aromatic nitrogens is 2. The molecule has 2 fully saturated rings. The summed E-state index contributed by atoms with van der Waals surface area (Å²) in [4.78, 5) is 32.1. The van der Waals surface area contributed by atoms with Crippen LogP contribution in [0.25, 0.3) is 0 Å². The molecule has 1 aromatic rings. The van der Waals surface area contributed by atoms with Crippen LogP contribution in [0.2, 0.25) is 0 Å². The van der Waals surface area contributed by atoms with Crippen molar-refractivity contribution in [3.63, 3.8) is 0 Å². The zero-order chi connectivity index (χ0) is 15.7. The number of carbonyl (C=O) groups is 2. The van der Waals surface area contributed by atoms with Crippen LogP contribution in [0.4, 0.5) is 0 Å². The molecule has 0 atom stereocenters. The molecule has 7 nitrogen and oxygen atoms in total. The summed E-state index contributed by atoms with van der Waals surface area (Å²) in [5.74, 6) is 1.19. The maximum absolute atomic E-state index is 12.3. The van der Waals surface area contributed by atoms with E-state index in [2.05, 4.69) is 10.1 Å². The molecule has 22 heavy (non-hydrogen) atoms. The molecule has 0 N–H and O–H groups in total. The highest BCUT2D eigenvalue weighted by Crippen LogP contribution is 2.40. The van der Waals surface area contributed by atoms with Gasteiger partial charge in [0.2, 0.25) is 17.7 Å². The van der Waals surface area contributed by atoms with Gasteiger partial charge in [0, 0.05) is 38.0 Å². The molecule has 2 saturated heterocycles. The summed E-state index contributed by atoms with van der Waals surface area (Å²) in [5, 5.41) is 3.70. The number of amides is 2. The highest BCUT2D eigenvalue weighted by molar-refractivity contribution is 5.80. The van der Waals surface area contributed by atoms with Gasteiger partial charge in [-0.25, -0.2) is 0 Å². The summed E-state index contributed by atoms with van der Waals surface area (Å²) < 4.78 is 5.00. The Labute approximate surface area is 129 Å². The quantitative estimate of drug-likeness (QED) is 0.824. The van der Waals surface area contributed by atoms with Gasteiger partial charge >= 0.3 is 0 Å². The van der Waals surface area contributed by atoms with Crippen molar-refractivity contribution >= 4 is 11.8 Å². The lowest BCUT2D eigenvalue weighted by molar-refractivity contribution is -0.133. The highest BCUT2D eigenvalue weighted by atomic mass is 16.5. The molecule has 1 spiro atoms. The van der Waals surface area contributed by atoms with Gasteiger partial charge in [-0.15, -0.1) is 0 Å². The van der Waals surface area contributed by atoms with Gasteiger partial charge in [-0.2, -0.15) is 4.98 Å². The predicted molar refractivity (Wildman–Crippen MR) is 77.9 cm³/mol. The second-order valence-electron chi connectivity index (χ2n) is 6.38. The van der Waals surface area contributed by atoms with Crippen LogP contribution in [0, 0.1) is 12.3 Å². The zero-order valence-electron chi connectivity index (χ0n) is 13.2. The molecule has 120 valence electrons. The third-order valence-corrected chi connectivity index (χ3v) is 4.84. The first-order valence-corrected chi connectivity index (χ1v) is 7.86. The van der Waals surface area contributed by atoms with E-state index in [1.165, 1.54) is 0 Å². The SMILES string of the molecule is CCN1CC2(CCN(C(=O)Cc3nc(C)no3)CC2)CC1=O. The lowest BCUT2D eigenvalue weighted by Crippen LogP contribution is -2.44. The van der Waals surface area contributed by atoms with E-state index in [4.69, 9.17) is 4.52 Å². The molecule has 7 heteroatoms. The van der Waals surface area contributed by atoms with E-state index >= 15 is 0 Å². The lowest BCUT2D eigenvalue weighted by Gasteiger charge is -2.38. The maximum atomic E-state index is 12.3. The lowest BCUT2D eigenvalue weighted by atomic mass is 9.77. The third kappa shape index (κ3) is 2.84. The molecule has 0 aliphatic carbocycles. The summed E-state index contributed by atoms with van der Waals surface area (Å²) in [6.07, 6.45) is 2.58. The zero-order valence-corrected chi connectivity index (χ0v) is 13.2. The van der Waals surface area contributed by atoms with E-state index in [0.29, 0.717) is 31.2 Å². The number of hydrogen-bond donors (Lipinski definition) is 0. The van der Waals surface area contributed by atoms with Crippen LogP contribution in [0.15, 0.2) is 4.52 Å². The Balaban J connectivity index is 1.55. The normalized spacial score (nSPS) is 20.9. The van der Waals surface area contributed by atoms with Crippen molar-refractivity contribution in [3.8, 4) is 0 Å². The molecule has 0 unspecified atom stereocenters. The van der Waals surface area contributed by atoms with Gasteiger partial charge in [-0.1, -0.05) is 5.16 Å². The van der Waals surface area contributed by atoms with Gasteiger partial charge in [0.15, 0.2) is 5.82 Å². The Morgan fingerprint density at radius 3 is 2.64 bits per heavy atom. The van der Waals surface area contributed by atoms with Crippen LogP contribution in [-0.2, 0) is 16.0 Å². The summed E-state index contributed by atoms with van der Waals surface area (Å²) in [5.41, 5.74) is 0.0744. The minimum absolute atomic E-state index is 0.0233. The fraction of sp³-hybridized carbons (Fsp3) is 0.733. The van der Waals surface area contributed by atoms with Gasteiger partial charge in [-0.05, 0) is 26.7 Å². The summed E-state index contributed by atoms with van der Waals surface area (Å²) in [6, 6.07) is 0. The minimum Gasteiger partial charge on any atom is -0.342 e. The molecular weight excluding hydrogens is 284 g/mol. The monoisotopic (exact) mass is 306 g/mol. The summed E-state index contributed by atoms with van der Waals surface area (Å²) in [6.45, 7) is 6.78. The molecule has 2 aliphatic rings. The summed E-state index contributed by atoms with van der Waals surface area (Å²) >= 11 is 0. The first kappa shape index (κ1) is 15.0. The molecule has 0 aromatic carbocycles. The van der Waals surface area contributed by atoms with E-state index < -0.39 is 0 Å². The number of hydrogen-bond acceptors (Lipinski definition) is 5. The van der Waals surface area contributed by atoms with Gasteiger partial charge in [0.25, 0.3) is 0 Å². The van der Waals surface area contributed by atoms with Crippen LogP contribution in [0.5, 0.6) is 0 Å². The number of rotatable bonds is 3. The average molecular weight is 306 g/mol. The standard InChI is InChI=1S/C15H22N4O3/c1-3-18-10-15(9-14(18)21)4-6-19(7-5-15)13(20)8-12-16-11(2)17-22-12/h3-10H2,1-2H3. The Bertz CT molecular complexity index is 575. The van der Waals surface area contributed by atoms with Crippen LogP contribution in [-0.4, -0.2) is 57.9 Å². The van der Waals surface area contributed by atoms with E-state index in [0.717, 1.165) is 25.9 Å². The molecule has 1 aromatic heterocycles. The number of likely N-dealkylation sites (tertiary alicyclic amines) is 2. The first-order chi connectivity index (χ1) is 10.5. The third-order valence-electron chi connectivity index (χ3n) is 4.84. The fourth-order valence-corrected chi connectivity index (χ4v) is 3.49. The van der Waals surface area contributed by atoms with Crippen molar-refractivity contribution in [2.24, 2.45) is 5.41 Å². The van der Waals surface area contributed by atoms with E-state index in [9.17, 15) is 9.59 Å². The number of aryl methyl sites for hydroxylation is 1. The first-order valence-electron chi connectivity index (χ1n) is 7.86. The predicted octanol–water partition coefficient (Wildman–Crippen LogP) is 0.782. The second-order valence-corrected chi connectivity index (χ2v) is 6.38. The van der Waals surface area contributed by atoms with E-state index in [1.54, 1.807) is 6.92 Å². The molecule has 0 radical (unpaired) electrons. The Hall–Kier alpha value is -1.92. The Kier molecular flexibility index (Phi) is 3.88. The van der Waals surface area contributed by atoms with Crippen LogP contribution in [0.1, 0.15) is 37.9 Å². The Morgan fingerprint density at radius 1 is 1.36 bits per heavy atom. The van der Waals surface area contributed by atoms with Crippen molar-refractivity contribution in [3.05, 3.63) is 11.7 Å². The van der Waals surface area contributed by atoms with E-state index in [1.807, 2.05) is 16.7 Å². The van der Waals surface area contributed by atoms with Crippen LogP contribution in [0.3, 0.4) is 0 Å². The molecular formula is C15H22N4O3. The molecule has 0 bridgehead atoms. The smallest absolute Gasteiger partial charge is 0.236 e. The number of nitrogens with zero attached hydrogens (tertiary/aromatic N) is 4. The van der Waals surface area contributed by atoms with Crippen LogP contribution < -0.4 is 0 Å². The minimum atomic E-state index is 0.0233. The van der Waals surface area contributed by atoms with Crippen molar-refractivity contribution in [2.75, 3.05) is 26.2 Å². The topological polar surface area (TPSA) is 79.5 Å². The number of piperidine rings is 1. The van der Waals surface area contributed by atoms with Crippen molar-refractivity contribution in [1.29, 1.82) is 0 Å². The van der Waals surface area contributed by atoms with Crippen molar-refractivity contribution < 1.29 is 14.1 Å². The van der Waals surface area contributed by atoms with Gasteiger partial charge < -0.3 is 14.3 Å². The van der Waals surface area contributed by atoms with Crippen molar-refractivity contribution in [1.82, 2.24) is 19.9 Å². The molecule has 2 amide bonds. The highest BCUT2D eigenvalue weighted by Gasteiger charge is 2.44. The maximum Gasteiger partial charge on any atom is 0.236 e. The molecule has 0 saturated carbocycles. The molecule has 2 aliphatic heterocycles. The van der Waals surface area contributed by atoms with Crippen LogP contribution >= 0.6 is 0 Å².